The zero-order valence-corrected chi connectivity index (χ0v) is 11.8. The van der Waals surface area contributed by atoms with Crippen molar-refractivity contribution in [1.29, 1.82) is 0 Å². The number of carbonyl (C=O) groups is 2. The number of hydrogen-bond acceptors (Lipinski definition) is 5. The molecule has 0 saturated carbocycles. The first-order valence-corrected chi connectivity index (χ1v) is 8.03. The second-order valence-corrected chi connectivity index (χ2v) is 6.51. The van der Waals surface area contributed by atoms with Crippen LogP contribution < -0.4 is 0 Å². The summed E-state index contributed by atoms with van der Waals surface area (Å²) < 4.78 is 2.07. The topological polar surface area (TPSA) is 75.4 Å². The number of β-lactam (4-membered cyclic amide) rings is 1. The summed E-state index contributed by atoms with van der Waals surface area (Å²) in [6.07, 6.45) is 3.70. The van der Waals surface area contributed by atoms with Crippen molar-refractivity contribution in [1.82, 2.24) is 14.5 Å². The zero-order valence-electron chi connectivity index (χ0n) is 10.1. The van der Waals surface area contributed by atoms with E-state index in [0.29, 0.717) is 5.57 Å². The second kappa shape index (κ2) is 4.16. The van der Waals surface area contributed by atoms with Gasteiger partial charge in [0.2, 0.25) is 0 Å². The molecule has 1 aromatic rings. The number of aromatic nitrogens is 2. The van der Waals surface area contributed by atoms with Crippen molar-refractivity contribution in [2.24, 2.45) is 0 Å². The minimum Gasteiger partial charge on any atom is -0.477 e. The molecule has 0 aliphatic carbocycles. The van der Waals surface area contributed by atoms with Crippen LogP contribution in [0.3, 0.4) is 0 Å². The summed E-state index contributed by atoms with van der Waals surface area (Å²) in [5.41, 5.74) is 1.45. The van der Waals surface area contributed by atoms with Gasteiger partial charge in [0.25, 0.3) is 5.91 Å². The van der Waals surface area contributed by atoms with Gasteiger partial charge in [-0.25, -0.2) is 9.78 Å². The quantitative estimate of drug-likeness (QED) is 0.656. The lowest BCUT2D eigenvalue weighted by Crippen LogP contribution is -2.51. The third-order valence-corrected chi connectivity index (χ3v) is 5.40. The number of hydrogen-bond donors (Lipinski definition) is 1. The molecule has 3 aliphatic heterocycles. The summed E-state index contributed by atoms with van der Waals surface area (Å²) in [6.45, 7) is 0. The normalized spacial score (nSPS) is 25.5. The van der Waals surface area contributed by atoms with E-state index in [1.807, 2.05) is 6.20 Å². The molecule has 0 bridgehead atoms. The summed E-state index contributed by atoms with van der Waals surface area (Å²) in [5.74, 6) is 1.51. The standard InChI is InChI=1S/C12H9N3O3S2/c16-10-7(11-15(10)8(3-20-11)12(17)18)1-6-2-14-5-19-4-9(14)13-6/h1-3,11H,4-5H2,(H,17,18)/b7-1+. The highest BCUT2D eigenvalue weighted by Gasteiger charge is 2.49. The van der Waals surface area contributed by atoms with Gasteiger partial charge in [-0.3, -0.25) is 9.69 Å². The Morgan fingerprint density at radius 2 is 2.40 bits per heavy atom. The van der Waals surface area contributed by atoms with E-state index in [2.05, 4.69) is 9.55 Å². The lowest BCUT2D eigenvalue weighted by atomic mass is 10.0. The fourth-order valence-corrected chi connectivity index (χ4v) is 4.48. The van der Waals surface area contributed by atoms with Crippen molar-refractivity contribution in [2.75, 3.05) is 0 Å². The van der Waals surface area contributed by atoms with Crippen LogP contribution >= 0.6 is 23.5 Å². The van der Waals surface area contributed by atoms with Gasteiger partial charge in [0, 0.05) is 11.6 Å². The van der Waals surface area contributed by atoms with Crippen LogP contribution in [0, 0.1) is 0 Å². The van der Waals surface area contributed by atoms with E-state index in [1.54, 1.807) is 17.8 Å². The molecular formula is C12H9N3O3S2. The Kier molecular flexibility index (Phi) is 2.52. The number of thioether (sulfide) groups is 2. The highest BCUT2D eigenvalue weighted by atomic mass is 32.2. The van der Waals surface area contributed by atoms with Crippen LogP contribution in [0.2, 0.25) is 0 Å². The van der Waals surface area contributed by atoms with Crippen LogP contribution in [-0.2, 0) is 21.2 Å². The van der Waals surface area contributed by atoms with Crippen molar-refractivity contribution in [2.45, 2.75) is 17.0 Å². The Labute approximate surface area is 122 Å². The Morgan fingerprint density at radius 3 is 3.15 bits per heavy atom. The molecule has 1 saturated heterocycles. The largest absolute Gasteiger partial charge is 0.477 e. The third-order valence-electron chi connectivity index (χ3n) is 3.40. The summed E-state index contributed by atoms with van der Waals surface area (Å²) in [4.78, 5) is 28.8. The number of carbonyl (C=O) groups excluding carboxylic acids is 1. The van der Waals surface area contributed by atoms with E-state index in [0.717, 1.165) is 23.1 Å². The predicted octanol–water partition coefficient (Wildman–Crippen LogP) is 1.31. The van der Waals surface area contributed by atoms with E-state index < -0.39 is 5.97 Å². The van der Waals surface area contributed by atoms with Gasteiger partial charge < -0.3 is 9.67 Å². The minimum absolute atomic E-state index is 0.0610. The number of nitrogens with zero attached hydrogens (tertiary/aromatic N) is 3. The van der Waals surface area contributed by atoms with E-state index >= 15 is 0 Å². The fraction of sp³-hybridized carbons (Fsp3) is 0.250. The average Bonchev–Trinajstić information content (AvgIpc) is 3.07. The first-order valence-electron chi connectivity index (χ1n) is 5.93. The van der Waals surface area contributed by atoms with Crippen molar-refractivity contribution >= 4 is 41.5 Å². The molecule has 4 rings (SSSR count). The highest BCUT2D eigenvalue weighted by Crippen LogP contribution is 2.45. The fourth-order valence-electron chi connectivity index (χ4n) is 2.43. The molecule has 3 aliphatic rings. The molecule has 1 fully saturated rings. The maximum absolute atomic E-state index is 12.0. The molecule has 20 heavy (non-hydrogen) atoms. The van der Waals surface area contributed by atoms with Crippen molar-refractivity contribution in [3.8, 4) is 0 Å². The third kappa shape index (κ3) is 1.58. The van der Waals surface area contributed by atoms with Crippen molar-refractivity contribution in [3.05, 3.63) is 34.4 Å². The molecule has 0 spiro atoms. The van der Waals surface area contributed by atoms with Gasteiger partial charge in [-0.1, -0.05) is 0 Å². The first-order chi connectivity index (χ1) is 9.65. The van der Waals surface area contributed by atoms with Crippen LogP contribution in [0.4, 0.5) is 0 Å². The van der Waals surface area contributed by atoms with Crippen LogP contribution in [-0.4, -0.2) is 36.8 Å². The molecule has 6 nitrogen and oxygen atoms in total. The maximum Gasteiger partial charge on any atom is 0.353 e. The number of fused-ring (bicyclic) bond motifs is 2. The van der Waals surface area contributed by atoms with Crippen LogP contribution in [0.25, 0.3) is 6.08 Å². The summed E-state index contributed by atoms with van der Waals surface area (Å²) >= 11 is 3.15. The minimum atomic E-state index is -1.06. The first kappa shape index (κ1) is 12.1. The number of carboxylic acids is 1. The van der Waals surface area contributed by atoms with Crippen LogP contribution in [0.1, 0.15) is 11.5 Å². The van der Waals surface area contributed by atoms with Gasteiger partial charge in [0.15, 0.2) is 0 Å². The van der Waals surface area contributed by atoms with E-state index in [-0.39, 0.29) is 17.0 Å². The Hall–Kier alpha value is -1.67. The maximum atomic E-state index is 12.0. The molecular weight excluding hydrogens is 298 g/mol. The average molecular weight is 307 g/mol. The molecule has 0 radical (unpaired) electrons. The molecule has 1 amide bonds. The van der Waals surface area contributed by atoms with Crippen LogP contribution in [0.5, 0.6) is 0 Å². The number of carboxylic acid groups (broad SMARTS) is 1. The highest BCUT2D eigenvalue weighted by molar-refractivity contribution is 8.03. The van der Waals surface area contributed by atoms with Gasteiger partial charge >= 0.3 is 5.97 Å². The second-order valence-electron chi connectivity index (χ2n) is 4.60. The van der Waals surface area contributed by atoms with E-state index in [1.165, 1.54) is 22.1 Å². The van der Waals surface area contributed by atoms with Gasteiger partial charge in [-0.15, -0.1) is 23.5 Å². The summed E-state index contributed by atoms with van der Waals surface area (Å²) in [5, 5.41) is 10.3. The smallest absolute Gasteiger partial charge is 0.353 e. The van der Waals surface area contributed by atoms with Gasteiger partial charge in [-0.05, 0) is 6.08 Å². The molecule has 102 valence electrons. The molecule has 1 N–H and O–H groups in total. The lowest BCUT2D eigenvalue weighted by Gasteiger charge is -2.36. The van der Waals surface area contributed by atoms with E-state index in [9.17, 15) is 9.59 Å². The van der Waals surface area contributed by atoms with Crippen molar-refractivity contribution < 1.29 is 14.7 Å². The number of aliphatic carboxylic acids is 1. The van der Waals surface area contributed by atoms with Crippen molar-refractivity contribution in [3.63, 3.8) is 0 Å². The number of imidazole rings is 1. The van der Waals surface area contributed by atoms with Gasteiger partial charge in [0.05, 0.1) is 22.9 Å². The Balaban J connectivity index is 1.61. The number of rotatable bonds is 2. The molecule has 1 aromatic heterocycles. The monoisotopic (exact) mass is 307 g/mol. The van der Waals surface area contributed by atoms with E-state index in [4.69, 9.17) is 5.11 Å². The Bertz CT molecular complexity index is 685. The van der Waals surface area contributed by atoms with Gasteiger partial charge in [-0.2, -0.15) is 0 Å². The molecule has 8 heteroatoms. The summed E-state index contributed by atoms with van der Waals surface area (Å²) in [7, 11) is 0. The predicted molar refractivity (Wildman–Crippen MR) is 75.4 cm³/mol. The van der Waals surface area contributed by atoms with Gasteiger partial charge in [0.1, 0.15) is 16.9 Å². The molecule has 1 atom stereocenters. The Morgan fingerprint density at radius 1 is 1.55 bits per heavy atom. The lowest BCUT2D eigenvalue weighted by molar-refractivity contribution is -0.141. The molecule has 0 aromatic carbocycles. The molecule has 1 unspecified atom stereocenters. The van der Waals surface area contributed by atoms with Crippen LogP contribution in [0.15, 0.2) is 22.9 Å². The molecule has 4 heterocycles. The number of amides is 1. The summed E-state index contributed by atoms with van der Waals surface area (Å²) in [6, 6.07) is 0. The SMILES string of the molecule is O=C(O)C1=CSC2/C(=C/c3cn4c(n3)CSC4)C(=O)N12. The zero-order chi connectivity index (χ0) is 13.9.